The number of benzene rings is 1. The molecular formula is C26H30N2O5S. The number of aromatic nitrogens is 2. The van der Waals surface area contributed by atoms with E-state index in [1.165, 1.54) is 12.5 Å². The summed E-state index contributed by atoms with van der Waals surface area (Å²) in [6.45, 7) is 0. The SMILES string of the molecule is Cn1cnc(S(=O)(=O)Cc2cccc(Cc3c(O)c4c(oc3=O)CCCCCC4)c2C2CC2)c1. The van der Waals surface area contributed by atoms with Crippen molar-refractivity contribution in [3.63, 3.8) is 0 Å². The monoisotopic (exact) mass is 482 g/mol. The third kappa shape index (κ3) is 4.56. The summed E-state index contributed by atoms with van der Waals surface area (Å²) in [6, 6.07) is 5.61. The van der Waals surface area contributed by atoms with Crippen LogP contribution in [0.1, 0.15) is 78.0 Å². The number of imidazole rings is 1. The maximum absolute atomic E-state index is 13.0. The average molecular weight is 483 g/mol. The van der Waals surface area contributed by atoms with Crippen LogP contribution in [0.5, 0.6) is 5.75 Å². The van der Waals surface area contributed by atoms with Crippen molar-refractivity contribution in [1.82, 2.24) is 9.55 Å². The van der Waals surface area contributed by atoms with Crippen LogP contribution in [0.4, 0.5) is 0 Å². The molecule has 2 aliphatic carbocycles. The molecule has 0 bridgehead atoms. The zero-order valence-electron chi connectivity index (χ0n) is 19.4. The number of aromatic hydroxyl groups is 1. The molecule has 8 heteroatoms. The van der Waals surface area contributed by atoms with Crippen molar-refractivity contribution >= 4 is 9.84 Å². The van der Waals surface area contributed by atoms with E-state index in [1.54, 1.807) is 11.6 Å². The van der Waals surface area contributed by atoms with Crippen molar-refractivity contribution < 1.29 is 17.9 Å². The summed E-state index contributed by atoms with van der Waals surface area (Å²) in [7, 11) is -1.87. The van der Waals surface area contributed by atoms with Gasteiger partial charge in [-0.25, -0.2) is 18.2 Å². The van der Waals surface area contributed by atoms with E-state index in [0.717, 1.165) is 60.8 Å². The van der Waals surface area contributed by atoms with Crippen molar-refractivity contribution in [3.8, 4) is 5.75 Å². The van der Waals surface area contributed by atoms with Gasteiger partial charge in [-0.05, 0) is 54.7 Å². The Bertz CT molecular complexity index is 1380. The van der Waals surface area contributed by atoms with Crippen LogP contribution in [0.25, 0.3) is 0 Å². The number of rotatable bonds is 6. The van der Waals surface area contributed by atoms with Gasteiger partial charge in [0.2, 0.25) is 9.84 Å². The van der Waals surface area contributed by atoms with Crippen molar-refractivity contribution in [1.29, 1.82) is 0 Å². The Morgan fingerprint density at radius 3 is 2.56 bits per heavy atom. The molecule has 5 rings (SSSR count). The second-order valence-corrected chi connectivity index (χ2v) is 11.5. The summed E-state index contributed by atoms with van der Waals surface area (Å²) in [5.41, 5.74) is 3.13. The van der Waals surface area contributed by atoms with Crippen LogP contribution in [0.3, 0.4) is 0 Å². The normalized spacial score (nSPS) is 16.6. The second-order valence-electron chi connectivity index (χ2n) is 9.61. The highest BCUT2D eigenvalue weighted by molar-refractivity contribution is 7.90. The van der Waals surface area contributed by atoms with Gasteiger partial charge < -0.3 is 14.1 Å². The van der Waals surface area contributed by atoms with Gasteiger partial charge in [0.25, 0.3) is 0 Å². The first-order valence-electron chi connectivity index (χ1n) is 12.0. The van der Waals surface area contributed by atoms with E-state index in [2.05, 4.69) is 4.98 Å². The van der Waals surface area contributed by atoms with E-state index in [1.807, 2.05) is 18.2 Å². The highest BCUT2D eigenvalue weighted by atomic mass is 32.2. The van der Waals surface area contributed by atoms with E-state index in [9.17, 15) is 18.3 Å². The number of aryl methyl sites for hydroxylation is 2. The lowest BCUT2D eigenvalue weighted by Gasteiger charge is -2.18. The maximum Gasteiger partial charge on any atom is 0.343 e. The molecule has 34 heavy (non-hydrogen) atoms. The van der Waals surface area contributed by atoms with E-state index in [4.69, 9.17) is 4.42 Å². The van der Waals surface area contributed by atoms with Gasteiger partial charge in [0, 0.05) is 31.6 Å². The van der Waals surface area contributed by atoms with Crippen molar-refractivity contribution in [2.45, 2.75) is 74.5 Å². The van der Waals surface area contributed by atoms with Crippen LogP contribution in [0.15, 0.2) is 45.0 Å². The molecule has 3 aromatic rings. The van der Waals surface area contributed by atoms with Crippen LogP contribution in [-0.4, -0.2) is 23.1 Å². The Morgan fingerprint density at radius 2 is 1.85 bits per heavy atom. The van der Waals surface area contributed by atoms with E-state index in [0.29, 0.717) is 18.6 Å². The number of sulfone groups is 1. The minimum atomic E-state index is -3.61. The Balaban J connectivity index is 1.52. The fraction of sp³-hybridized carbons (Fsp3) is 0.462. The highest BCUT2D eigenvalue weighted by Crippen LogP contribution is 2.45. The topological polar surface area (TPSA) is 102 Å². The fourth-order valence-electron chi connectivity index (χ4n) is 5.06. The molecule has 1 saturated carbocycles. The summed E-state index contributed by atoms with van der Waals surface area (Å²) in [6.07, 6.45) is 10.7. The molecule has 180 valence electrons. The minimum Gasteiger partial charge on any atom is -0.507 e. The molecule has 2 aromatic heterocycles. The van der Waals surface area contributed by atoms with Gasteiger partial charge in [-0.1, -0.05) is 31.0 Å². The number of fused-ring (bicyclic) bond motifs is 1. The number of nitrogens with zero attached hydrogens (tertiary/aromatic N) is 2. The van der Waals surface area contributed by atoms with Crippen LogP contribution in [-0.2, 0) is 41.9 Å². The van der Waals surface area contributed by atoms with Crippen LogP contribution in [0.2, 0.25) is 0 Å². The van der Waals surface area contributed by atoms with Crippen molar-refractivity contribution in [2.24, 2.45) is 7.05 Å². The predicted octanol–water partition coefficient (Wildman–Crippen LogP) is 4.18. The molecule has 2 heterocycles. The van der Waals surface area contributed by atoms with E-state index >= 15 is 0 Å². The molecule has 2 aliphatic rings. The van der Waals surface area contributed by atoms with Crippen LogP contribution in [0, 0.1) is 0 Å². The predicted molar refractivity (Wildman–Crippen MR) is 128 cm³/mol. The molecule has 0 unspecified atom stereocenters. The van der Waals surface area contributed by atoms with Crippen LogP contribution < -0.4 is 5.63 Å². The molecule has 0 atom stereocenters. The maximum atomic E-state index is 13.0. The van der Waals surface area contributed by atoms with Crippen LogP contribution >= 0.6 is 0 Å². The van der Waals surface area contributed by atoms with E-state index in [-0.39, 0.29) is 34.4 Å². The quantitative estimate of drug-likeness (QED) is 0.565. The lowest BCUT2D eigenvalue weighted by atomic mass is 9.91. The molecule has 1 N–H and O–H groups in total. The summed E-state index contributed by atoms with van der Waals surface area (Å²) < 4.78 is 33.4. The van der Waals surface area contributed by atoms with Crippen molar-refractivity contribution in [2.75, 3.05) is 0 Å². The molecular weight excluding hydrogens is 452 g/mol. The zero-order chi connectivity index (χ0) is 23.9. The standard InChI is InChI=1S/C26H30N2O5S/c1-28-14-23(27-16-28)34(31,32)15-19-8-6-7-18(24(19)17-11-12-17)13-21-25(29)20-9-4-2-3-5-10-22(20)33-26(21)30/h6-8,14,16-17,29H,2-5,9-13,15H2,1H3. The van der Waals surface area contributed by atoms with Gasteiger partial charge in [0.15, 0.2) is 5.03 Å². The highest BCUT2D eigenvalue weighted by Gasteiger charge is 2.31. The number of hydrogen-bond donors (Lipinski definition) is 1. The minimum absolute atomic E-state index is 0.0569. The fourth-order valence-corrected chi connectivity index (χ4v) is 6.41. The Labute approximate surface area is 199 Å². The van der Waals surface area contributed by atoms with Gasteiger partial charge in [0.1, 0.15) is 11.5 Å². The smallest absolute Gasteiger partial charge is 0.343 e. The Kier molecular flexibility index (Phi) is 6.10. The van der Waals surface area contributed by atoms with Gasteiger partial charge in [-0.2, -0.15) is 0 Å². The summed E-state index contributed by atoms with van der Waals surface area (Å²) in [5.74, 6) is 0.794. The van der Waals surface area contributed by atoms with Crippen molar-refractivity contribution in [3.05, 3.63) is 74.7 Å². The molecule has 0 spiro atoms. The molecule has 1 fully saturated rings. The first-order chi connectivity index (χ1) is 16.3. The Morgan fingerprint density at radius 1 is 1.12 bits per heavy atom. The molecule has 0 aliphatic heterocycles. The Hall–Kier alpha value is -2.87. The molecule has 0 saturated heterocycles. The molecule has 0 amide bonds. The van der Waals surface area contributed by atoms with Gasteiger partial charge in [0.05, 0.1) is 17.6 Å². The average Bonchev–Trinajstić information content (AvgIpc) is 3.51. The third-order valence-electron chi connectivity index (χ3n) is 6.94. The third-order valence-corrected chi connectivity index (χ3v) is 8.48. The molecule has 0 radical (unpaired) electrons. The summed E-state index contributed by atoms with van der Waals surface area (Å²) >= 11 is 0. The van der Waals surface area contributed by atoms with Gasteiger partial charge in [-0.15, -0.1) is 0 Å². The second kappa shape index (κ2) is 9.06. The first kappa shape index (κ1) is 22.9. The molecule has 7 nitrogen and oxygen atoms in total. The number of hydrogen-bond acceptors (Lipinski definition) is 6. The lowest BCUT2D eigenvalue weighted by Crippen LogP contribution is -2.15. The largest absolute Gasteiger partial charge is 0.507 e. The molecule has 1 aromatic carbocycles. The summed E-state index contributed by atoms with van der Waals surface area (Å²) in [4.78, 5) is 16.9. The zero-order valence-corrected chi connectivity index (χ0v) is 20.2. The lowest BCUT2D eigenvalue weighted by molar-refractivity contribution is 0.390. The van der Waals surface area contributed by atoms with E-state index < -0.39 is 15.5 Å². The first-order valence-corrected chi connectivity index (χ1v) is 13.7. The summed E-state index contributed by atoms with van der Waals surface area (Å²) in [5, 5.41) is 11.1. The van der Waals surface area contributed by atoms with Gasteiger partial charge >= 0.3 is 5.63 Å². The van der Waals surface area contributed by atoms with Gasteiger partial charge in [-0.3, -0.25) is 0 Å².